The lowest BCUT2D eigenvalue weighted by Gasteiger charge is -2.11. The molecule has 154 valence electrons. The van der Waals surface area contributed by atoms with Crippen LogP contribution in [0.2, 0.25) is 0 Å². The standard InChI is InChI=1S/C21H35N3O2.HI/c1-2-22-21(24-14-8-16-26-18-20-11-12-20)23-13-6-7-15-25-17-19-9-4-3-5-10-19;/h3-5,9-10,20H,2,6-8,11-18H2,1H3,(H2,22,23,24);1H. The van der Waals surface area contributed by atoms with Crippen LogP contribution in [-0.2, 0) is 16.1 Å². The quantitative estimate of drug-likeness (QED) is 0.180. The van der Waals surface area contributed by atoms with Gasteiger partial charge in [0.1, 0.15) is 0 Å². The fourth-order valence-electron chi connectivity index (χ4n) is 2.53. The van der Waals surface area contributed by atoms with E-state index in [1.807, 2.05) is 18.2 Å². The number of benzene rings is 1. The minimum absolute atomic E-state index is 0. The minimum Gasteiger partial charge on any atom is -0.381 e. The molecule has 0 radical (unpaired) electrons. The Hall–Kier alpha value is -0.860. The third kappa shape index (κ3) is 13.0. The average molecular weight is 489 g/mol. The monoisotopic (exact) mass is 489 g/mol. The lowest BCUT2D eigenvalue weighted by Crippen LogP contribution is -2.38. The van der Waals surface area contributed by atoms with Crippen molar-refractivity contribution in [3.8, 4) is 0 Å². The van der Waals surface area contributed by atoms with Gasteiger partial charge in [0.2, 0.25) is 0 Å². The summed E-state index contributed by atoms with van der Waals surface area (Å²) >= 11 is 0. The third-order valence-electron chi connectivity index (χ3n) is 4.23. The zero-order valence-electron chi connectivity index (χ0n) is 16.6. The molecular weight excluding hydrogens is 453 g/mol. The van der Waals surface area contributed by atoms with Gasteiger partial charge in [0.25, 0.3) is 0 Å². The molecule has 0 saturated heterocycles. The fourth-order valence-corrected chi connectivity index (χ4v) is 2.53. The summed E-state index contributed by atoms with van der Waals surface area (Å²) in [6.07, 6.45) is 5.81. The van der Waals surface area contributed by atoms with Crippen LogP contribution in [0.15, 0.2) is 35.3 Å². The molecule has 0 spiro atoms. The Balaban J connectivity index is 0.00000364. The number of nitrogens with zero attached hydrogens (tertiary/aromatic N) is 1. The van der Waals surface area contributed by atoms with Crippen LogP contribution in [0.25, 0.3) is 0 Å². The summed E-state index contributed by atoms with van der Waals surface area (Å²) in [5, 5.41) is 6.68. The van der Waals surface area contributed by atoms with Crippen LogP contribution in [0.4, 0.5) is 0 Å². The first kappa shape index (κ1) is 24.2. The second-order valence-electron chi connectivity index (χ2n) is 6.80. The van der Waals surface area contributed by atoms with E-state index in [9.17, 15) is 0 Å². The van der Waals surface area contributed by atoms with Crippen LogP contribution in [0, 0.1) is 5.92 Å². The van der Waals surface area contributed by atoms with E-state index in [0.29, 0.717) is 6.61 Å². The average Bonchev–Trinajstić information content (AvgIpc) is 3.49. The summed E-state index contributed by atoms with van der Waals surface area (Å²) in [5.74, 6) is 1.74. The first-order valence-corrected chi connectivity index (χ1v) is 10.1. The smallest absolute Gasteiger partial charge is 0.191 e. The molecule has 6 heteroatoms. The Morgan fingerprint density at radius 1 is 1.04 bits per heavy atom. The van der Waals surface area contributed by atoms with Gasteiger partial charge in [-0.2, -0.15) is 0 Å². The van der Waals surface area contributed by atoms with Gasteiger partial charge in [0.15, 0.2) is 5.96 Å². The van der Waals surface area contributed by atoms with E-state index in [1.54, 1.807) is 0 Å². The maximum absolute atomic E-state index is 5.71. The number of rotatable bonds is 14. The van der Waals surface area contributed by atoms with Crippen molar-refractivity contribution < 1.29 is 9.47 Å². The molecule has 1 saturated carbocycles. The van der Waals surface area contributed by atoms with E-state index in [2.05, 4.69) is 34.7 Å². The van der Waals surface area contributed by atoms with Crippen molar-refractivity contribution in [3.63, 3.8) is 0 Å². The molecule has 0 aliphatic heterocycles. The summed E-state index contributed by atoms with van der Waals surface area (Å²) < 4.78 is 11.4. The molecule has 1 aliphatic carbocycles. The van der Waals surface area contributed by atoms with Gasteiger partial charge >= 0.3 is 0 Å². The molecule has 1 aromatic carbocycles. The number of unbranched alkanes of at least 4 members (excludes halogenated alkanes) is 1. The Bertz CT molecular complexity index is 495. The molecule has 2 N–H and O–H groups in total. The molecular formula is C21H36IN3O2. The van der Waals surface area contributed by atoms with Gasteiger partial charge in [0.05, 0.1) is 6.61 Å². The Labute approximate surface area is 181 Å². The molecule has 0 atom stereocenters. The number of hydrogen-bond acceptors (Lipinski definition) is 3. The SMILES string of the molecule is CCNC(=NCCCOCC1CC1)NCCCCOCc1ccccc1.I. The highest BCUT2D eigenvalue weighted by Crippen LogP contribution is 2.28. The summed E-state index contributed by atoms with van der Waals surface area (Å²) in [7, 11) is 0. The first-order valence-electron chi connectivity index (χ1n) is 10.1. The summed E-state index contributed by atoms with van der Waals surface area (Å²) in [5.41, 5.74) is 1.23. The van der Waals surface area contributed by atoms with Gasteiger partial charge < -0.3 is 20.1 Å². The van der Waals surface area contributed by atoms with Crippen LogP contribution in [0.3, 0.4) is 0 Å². The van der Waals surface area contributed by atoms with Crippen molar-refractivity contribution in [2.45, 2.75) is 45.6 Å². The third-order valence-corrected chi connectivity index (χ3v) is 4.23. The number of hydrogen-bond donors (Lipinski definition) is 2. The normalized spacial score (nSPS) is 13.9. The Morgan fingerprint density at radius 3 is 2.56 bits per heavy atom. The Morgan fingerprint density at radius 2 is 1.81 bits per heavy atom. The van der Waals surface area contributed by atoms with Crippen molar-refractivity contribution in [1.82, 2.24) is 10.6 Å². The van der Waals surface area contributed by atoms with Crippen molar-refractivity contribution in [1.29, 1.82) is 0 Å². The molecule has 0 aromatic heterocycles. The van der Waals surface area contributed by atoms with E-state index >= 15 is 0 Å². The number of halogens is 1. The predicted molar refractivity (Wildman–Crippen MR) is 123 cm³/mol. The molecule has 0 heterocycles. The Kier molecular flexibility index (Phi) is 14.4. The number of ether oxygens (including phenoxy) is 2. The maximum Gasteiger partial charge on any atom is 0.191 e. The van der Waals surface area contributed by atoms with E-state index < -0.39 is 0 Å². The van der Waals surface area contributed by atoms with Gasteiger partial charge in [-0.15, -0.1) is 24.0 Å². The molecule has 27 heavy (non-hydrogen) atoms. The summed E-state index contributed by atoms with van der Waals surface area (Å²) in [6, 6.07) is 10.3. The van der Waals surface area contributed by atoms with Crippen LogP contribution in [0.5, 0.6) is 0 Å². The van der Waals surface area contributed by atoms with E-state index in [0.717, 1.165) is 70.6 Å². The van der Waals surface area contributed by atoms with Crippen LogP contribution in [0.1, 0.15) is 44.6 Å². The van der Waals surface area contributed by atoms with Crippen LogP contribution in [-0.4, -0.2) is 45.4 Å². The lowest BCUT2D eigenvalue weighted by atomic mass is 10.2. The van der Waals surface area contributed by atoms with Crippen LogP contribution >= 0.6 is 24.0 Å². The zero-order valence-corrected chi connectivity index (χ0v) is 19.0. The fraction of sp³-hybridized carbons (Fsp3) is 0.667. The second kappa shape index (κ2) is 16.1. The first-order chi connectivity index (χ1) is 12.9. The highest BCUT2D eigenvalue weighted by atomic mass is 127. The van der Waals surface area contributed by atoms with Gasteiger partial charge in [-0.25, -0.2) is 0 Å². The maximum atomic E-state index is 5.71. The summed E-state index contributed by atoms with van der Waals surface area (Å²) in [4.78, 5) is 4.60. The van der Waals surface area contributed by atoms with E-state index in [4.69, 9.17) is 9.47 Å². The van der Waals surface area contributed by atoms with Crippen molar-refractivity contribution in [3.05, 3.63) is 35.9 Å². The minimum atomic E-state index is 0. The van der Waals surface area contributed by atoms with Gasteiger partial charge in [-0.05, 0) is 50.5 Å². The summed E-state index contributed by atoms with van der Waals surface area (Å²) in [6.45, 7) is 7.94. The molecule has 0 unspecified atom stereocenters. The number of guanidine groups is 1. The topological polar surface area (TPSA) is 54.9 Å². The molecule has 1 fully saturated rings. The number of aliphatic imine (C=N–C) groups is 1. The predicted octanol–water partition coefficient (Wildman–Crippen LogP) is 3.97. The zero-order chi connectivity index (χ0) is 18.3. The molecule has 1 aromatic rings. The largest absolute Gasteiger partial charge is 0.381 e. The van der Waals surface area contributed by atoms with Crippen molar-refractivity contribution in [2.24, 2.45) is 10.9 Å². The molecule has 1 aliphatic rings. The van der Waals surface area contributed by atoms with Gasteiger partial charge in [-0.1, -0.05) is 30.3 Å². The molecule has 0 bridgehead atoms. The molecule has 2 rings (SSSR count). The number of nitrogens with one attached hydrogen (secondary N) is 2. The van der Waals surface area contributed by atoms with E-state index in [-0.39, 0.29) is 24.0 Å². The van der Waals surface area contributed by atoms with Gasteiger partial charge in [0, 0.05) is 39.5 Å². The van der Waals surface area contributed by atoms with Crippen molar-refractivity contribution >= 4 is 29.9 Å². The lowest BCUT2D eigenvalue weighted by molar-refractivity contribution is 0.117. The molecule has 0 amide bonds. The van der Waals surface area contributed by atoms with E-state index in [1.165, 1.54) is 18.4 Å². The second-order valence-corrected chi connectivity index (χ2v) is 6.80. The van der Waals surface area contributed by atoms with Crippen molar-refractivity contribution in [2.75, 3.05) is 39.5 Å². The van der Waals surface area contributed by atoms with Crippen LogP contribution < -0.4 is 10.6 Å². The van der Waals surface area contributed by atoms with Gasteiger partial charge in [-0.3, -0.25) is 4.99 Å². The molecule has 5 nitrogen and oxygen atoms in total. The highest BCUT2D eigenvalue weighted by Gasteiger charge is 2.20. The highest BCUT2D eigenvalue weighted by molar-refractivity contribution is 14.0.